The van der Waals surface area contributed by atoms with Crippen LogP contribution in [0.5, 0.6) is 0 Å². The van der Waals surface area contributed by atoms with Crippen molar-refractivity contribution in [2.75, 3.05) is 5.32 Å². The molecular weight excluding hydrogens is 311 g/mol. The van der Waals surface area contributed by atoms with Gasteiger partial charge in [0, 0.05) is 11.3 Å². The predicted octanol–water partition coefficient (Wildman–Crippen LogP) is 3.96. The summed E-state index contributed by atoms with van der Waals surface area (Å²) in [6, 6.07) is 8.29. The van der Waals surface area contributed by atoms with Gasteiger partial charge < -0.3 is 10.4 Å². The van der Waals surface area contributed by atoms with Crippen molar-refractivity contribution in [2.24, 2.45) is 0 Å². The van der Waals surface area contributed by atoms with E-state index in [1.165, 1.54) is 31.2 Å². The fourth-order valence-electron chi connectivity index (χ4n) is 2.03. The van der Waals surface area contributed by atoms with E-state index >= 15 is 0 Å². The van der Waals surface area contributed by atoms with Crippen LogP contribution in [-0.4, -0.2) is 17.0 Å². The number of halogens is 3. The summed E-state index contributed by atoms with van der Waals surface area (Å²) in [4.78, 5) is 23.1. The second-order valence-corrected chi connectivity index (χ2v) is 4.82. The highest BCUT2D eigenvalue weighted by Crippen LogP contribution is 2.29. The first kappa shape index (κ1) is 16.5. The Bertz CT molecular complexity index is 769. The predicted molar refractivity (Wildman–Crippen MR) is 77.5 cm³/mol. The van der Waals surface area contributed by atoms with Crippen LogP contribution in [0.15, 0.2) is 42.5 Å². The van der Waals surface area contributed by atoms with Crippen LogP contribution >= 0.6 is 0 Å². The van der Waals surface area contributed by atoms with Gasteiger partial charge in [-0.1, -0.05) is 12.1 Å². The van der Waals surface area contributed by atoms with E-state index in [0.717, 1.165) is 18.2 Å². The molecular formula is C16H12F3NO3. The third-order valence-electron chi connectivity index (χ3n) is 3.26. The normalized spacial score (nSPS) is 11.1. The quantitative estimate of drug-likeness (QED) is 0.898. The van der Waals surface area contributed by atoms with E-state index in [1.807, 2.05) is 0 Å². The van der Waals surface area contributed by atoms with E-state index in [9.17, 15) is 22.8 Å². The zero-order valence-corrected chi connectivity index (χ0v) is 11.9. The molecule has 1 amide bonds. The highest BCUT2D eigenvalue weighted by atomic mass is 19.4. The first-order valence-corrected chi connectivity index (χ1v) is 6.51. The summed E-state index contributed by atoms with van der Waals surface area (Å²) < 4.78 is 38.0. The molecule has 0 aliphatic carbocycles. The first-order chi connectivity index (χ1) is 10.7. The highest BCUT2D eigenvalue weighted by molar-refractivity contribution is 6.05. The van der Waals surface area contributed by atoms with Gasteiger partial charge in [-0.05, 0) is 42.8 Å². The number of hydrogen-bond acceptors (Lipinski definition) is 2. The van der Waals surface area contributed by atoms with Crippen molar-refractivity contribution in [2.45, 2.75) is 13.1 Å². The van der Waals surface area contributed by atoms with Crippen molar-refractivity contribution < 1.29 is 27.9 Å². The van der Waals surface area contributed by atoms with E-state index in [2.05, 4.69) is 5.32 Å². The fraction of sp³-hybridized carbons (Fsp3) is 0.125. The van der Waals surface area contributed by atoms with Crippen LogP contribution < -0.4 is 5.32 Å². The topological polar surface area (TPSA) is 66.4 Å². The number of alkyl halides is 3. The Balaban J connectivity index is 2.30. The lowest BCUT2D eigenvalue weighted by atomic mass is 10.1. The molecule has 0 atom stereocenters. The molecule has 2 aromatic carbocycles. The van der Waals surface area contributed by atoms with Gasteiger partial charge >= 0.3 is 12.1 Å². The van der Waals surface area contributed by atoms with Crippen molar-refractivity contribution in [3.63, 3.8) is 0 Å². The molecule has 0 spiro atoms. The van der Waals surface area contributed by atoms with Gasteiger partial charge in [-0.2, -0.15) is 13.2 Å². The maximum atomic E-state index is 12.7. The van der Waals surface area contributed by atoms with Gasteiger partial charge in [0.1, 0.15) is 0 Å². The monoisotopic (exact) mass is 323 g/mol. The number of anilines is 1. The molecule has 0 bridgehead atoms. The molecule has 120 valence electrons. The van der Waals surface area contributed by atoms with Crippen molar-refractivity contribution in [1.29, 1.82) is 0 Å². The standard InChI is InChI=1S/C16H12F3NO3/c1-9-12(15(22)23)6-3-7-13(9)20-14(21)10-4-2-5-11(8-10)16(17,18)19/h2-8H,1H3,(H,20,21)(H,22,23). The van der Waals surface area contributed by atoms with Crippen molar-refractivity contribution in [1.82, 2.24) is 0 Å². The summed E-state index contributed by atoms with van der Waals surface area (Å²) in [6.45, 7) is 1.51. The molecule has 0 saturated heterocycles. The number of carbonyl (C=O) groups is 2. The van der Waals surface area contributed by atoms with Crippen LogP contribution in [0.4, 0.5) is 18.9 Å². The van der Waals surface area contributed by atoms with Crippen molar-refractivity contribution >= 4 is 17.6 Å². The Kier molecular flexibility index (Phi) is 4.40. The molecule has 0 saturated carbocycles. The summed E-state index contributed by atoms with van der Waals surface area (Å²) in [5.41, 5.74) is -0.541. The van der Waals surface area contributed by atoms with E-state index in [1.54, 1.807) is 0 Å². The molecule has 23 heavy (non-hydrogen) atoms. The number of hydrogen-bond donors (Lipinski definition) is 2. The number of aromatic carboxylic acids is 1. The third-order valence-corrected chi connectivity index (χ3v) is 3.26. The van der Waals surface area contributed by atoms with Gasteiger partial charge in [-0.25, -0.2) is 4.79 Å². The maximum absolute atomic E-state index is 12.7. The second kappa shape index (κ2) is 6.12. The molecule has 2 N–H and O–H groups in total. The number of nitrogens with one attached hydrogen (secondary N) is 1. The molecule has 0 aliphatic rings. The number of carboxylic acid groups (broad SMARTS) is 1. The zero-order chi connectivity index (χ0) is 17.2. The van der Waals surface area contributed by atoms with Crippen LogP contribution in [0, 0.1) is 6.92 Å². The van der Waals surface area contributed by atoms with Crippen LogP contribution in [0.25, 0.3) is 0 Å². The molecule has 2 rings (SSSR count). The molecule has 0 aliphatic heterocycles. The summed E-state index contributed by atoms with van der Waals surface area (Å²) in [5, 5.41) is 11.5. The zero-order valence-electron chi connectivity index (χ0n) is 11.9. The molecule has 0 radical (unpaired) electrons. The van der Waals surface area contributed by atoms with Gasteiger partial charge in [0.05, 0.1) is 11.1 Å². The Hall–Kier alpha value is -2.83. The molecule has 0 aromatic heterocycles. The molecule has 7 heteroatoms. The van der Waals surface area contributed by atoms with E-state index in [-0.39, 0.29) is 16.8 Å². The van der Waals surface area contributed by atoms with Crippen LogP contribution in [0.2, 0.25) is 0 Å². The second-order valence-electron chi connectivity index (χ2n) is 4.82. The summed E-state index contributed by atoms with van der Waals surface area (Å²) in [7, 11) is 0. The summed E-state index contributed by atoms with van der Waals surface area (Å²) in [5.74, 6) is -1.90. The third kappa shape index (κ3) is 3.68. The van der Waals surface area contributed by atoms with Gasteiger partial charge in [0.2, 0.25) is 0 Å². The highest BCUT2D eigenvalue weighted by Gasteiger charge is 2.30. The Labute approximate surface area is 129 Å². The lowest BCUT2D eigenvalue weighted by Crippen LogP contribution is -2.15. The molecule has 4 nitrogen and oxygen atoms in total. The molecule has 2 aromatic rings. The van der Waals surface area contributed by atoms with E-state index in [0.29, 0.717) is 5.56 Å². The van der Waals surface area contributed by atoms with E-state index < -0.39 is 23.6 Å². The Morgan fingerprint density at radius 1 is 1.09 bits per heavy atom. The largest absolute Gasteiger partial charge is 0.478 e. The number of amides is 1. The van der Waals surface area contributed by atoms with Crippen LogP contribution in [-0.2, 0) is 6.18 Å². The van der Waals surface area contributed by atoms with Gasteiger partial charge in [-0.15, -0.1) is 0 Å². The molecule has 0 heterocycles. The van der Waals surface area contributed by atoms with Gasteiger partial charge in [0.15, 0.2) is 0 Å². The minimum Gasteiger partial charge on any atom is -0.478 e. The Morgan fingerprint density at radius 2 is 1.74 bits per heavy atom. The first-order valence-electron chi connectivity index (χ1n) is 6.51. The lowest BCUT2D eigenvalue weighted by molar-refractivity contribution is -0.137. The number of carboxylic acids is 1. The molecule has 0 unspecified atom stereocenters. The molecule has 0 fully saturated rings. The minimum absolute atomic E-state index is 0.00634. The van der Waals surface area contributed by atoms with Crippen LogP contribution in [0.1, 0.15) is 31.8 Å². The maximum Gasteiger partial charge on any atom is 0.416 e. The average molecular weight is 323 g/mol. The average Bonchev–Trinajstić information content (AvgIpc) is 2.48. The number of carbonyl (C=O) groups excluding carboxylic acids is 1. The summed E-state index contributed by atoms with van der Waals surface area (Å²) >= 11 is 0. The number of benzene rings is 2. The SMILES string of the molecule is Cc1c(NC(=O)c2cccc(C(F)(F)F)c2)cccc1C(=O)O. The summed E-state index contributed by atoms with van der Waals surface area (Å²) in [6.07, 6.45) is -4.55. The van der Waals surface area contributed by atoms with Gasteiger partial charge in [0.25, 0.3) is 5.91 Å². The van der Waals surface area contributed by atoms with Crippen LogP contribution in [0.3, 0.4) is 0 Å². The Morgan fingerprint density at radius 3 is 2.35 bits per heavy atom. The van der Waals surface area contributed by atoms with Gasteiger partial charge in [-0.3, -0.25) is 4.79 Å². The smallest absolute Gasteiger partial charge is 0.416 e. The fourth-order valence-corrected chi connectivity index (χ4v) is 2.03. The number of rotatable bonds is 3. The lowest BCUT2D eigenvalue weighted by Gasteiger charge is -2.12. The van der Waals surface area contributed by atoms with Crippen molar-refractivity contribution in [3.8, 4) is 0 Å². The minimum atomic E-state index is -4.55. The van der Waals surface area contributed by atoms with Crippen molar-refractivity contribution in [3.05, 3.63) is 64.7 Å². The van der Waals surface area contributed by atoms with E-state index in [4.69, 9.17) is 5.11 Å².